The SMILES string of the molecule is COCCN(CC(=O)Nc1nc(CC(=O)NC(C)C(C)C)cs1)C(=O)c1ccc(Cl)cc1Cl. The Morgan fingerprint density at radius 1 is 1.18 bits per heavy atom. The molecule has 0 aliphatic rings. The highest BCUT2D eigenvalue weighted by Crippen LogP contribution is 2.22. The fourth-order valence-corrected chi connectivity index (χ4v) is 3.92. The van der Waals surface area contributed by atoms with E-state index in [-0.39, 0.29) is 48.7 Å². The average Bonchev–Trinajstić information content (AvgIpc) is 3.16. The molecule has 1 aromatic carbocycles. The Morgan fingerprint density at radius 2 is 1.91 bits per heavy atom. The van der Waals surface area contributed by atoms with Crippen LogP contribution in [0.3, 0.4) is 0 Å². The van der Waals surface area contributed by atoms with E-state index >= 15 is 0 Å². The molecule has 33 heavy (non-hydrogen) atoms. The number of rotatable bonds is 11. The number of anilines is 1. The summed E-state index contributed by atoms with van der Waals surface area (Å²) in [6.45, 7) is 6.23. The highest BCUT2D eigenvalue weighted by molar-refractivity contribution is 7.13. The molecule has 180 valence electrons. The molecule has 1 aromatic heterocycles. The molecular formula is C22H28Cl2N4O4S. The quantitative estimate of drug-likeness (QED) is 0.473. The van der Waals surface area contributed by atoms with Crippen molar-refractivity contribution in [3.8, 4) is 0 Å². The molecule has 1 atom stereocenters. The van der Waals surface area contributed by atoms with Gasteiger partial charge in [0.05, 0.1) is 29.3 Å². The van der Waals surface area contributed by atoms with Crippen molar-refractivity contribution in [1.29, 1.82) is 0 Å². The highest BCUT2D eigenvalue weighted by atomic mass is 35.5. The van der Waals surface area contributed by atoms with Gasteiger partial charge in [-0.15, -0.1) is 11.3 Å². The molecular weight excluding hydrogens is 487 g/mol. The third-order valence-corrected chi connectivity index (χ3v) is 6.23. The van der Waals surface area contributed by atoms with E-state index in [0.717, 1.165) is 0 Å². The number of aromatic nitrogens is 1. The summed E-state index contributed by atoms with van der Waals surface area (Å²) >= 11 is 13.3. The van der Waals surface area contributed by atoms with E-state index in [2.05, 4.69) is 15.6 Å². The third-order valence-electron chi connectivity index (χ3n) is 4.88. The Kier molecular flexibility index (Phi) is 10.6. The topological polar surface area (TPSA) is 101 Å². The molecule has 2 aromatic rings. The maximum Gasteiger partial charge on any atom is 0.255 e. The van der Waals surface area contributed by atoms with Crippen LogP contribution in [-0.2, 0) is 20.7 Å². The van der Waals surface area contributed by atoms with Gasteiger partial charge in [-0.25, -0.2) is 4.98 Å². The van der Waals surface area contributed by atoms with Crippen LogP contribution >= 0.6 is 34.5 Å². The number of amides is 3. The van der Waals surface area contributed by atoms with Gasteiger partial charge in [0.25, 0.3) is 5.91 Å². The summed E-state index contributed by atoms with van der Waals surface area (Å²) in [6.07, 6.45) is 0.122. The first-order valence-corrected chi connectivity index (χ1v) is 12.0. The van der Waals surface area contributed by atoms with Crippen molar-refractivity contribution in [2.24, 2.45) is 5.92 Å². The molecule has 0 saturated heterocycles. The van der Waals surface area contributed by atoms with E-state index in [0.29, 0.717) is 21.8 Å². The number of nitrogens with one attached hydrogen (secondary N) is 2. The van der Waals surface area contributed by atoms with Crippen LogP contribution in [-0.4, -0.2) is 60.5 Å². The van der Waals surface area contributed by atoms with Crippen LogP contribution in [0.15, 0.2) is 23.6 Å². The predicted molar refractivity (Wildman–Crippen MR) is 131 cm³/mol. The average molecular weight is 515 g/mol. The minimum Gasteiger partial charge on any atom is -0.383 e. The van der Waals surface area contributed by atoms with Crippen LogP contribution in [0.25, 0.3) is 0 Å². The minimum absolute atomic E-state index is 0.0556. The number of carbonyl (C=O) groups excluding carboxylic acids is 3. The van der Waals surface area contributed by atoms with Gasteiger partial charge in [-0.05, 0) is 31.0 Å². The molecule has 0 spiro atoms. The van der Waals surface area contributed by atoms with Crippen LogP contribution in [0.2, 0.25) is 10.0 Å². The Balaban J connectivity index is 2.00. The van der Waals surface area contributed by atoms with Gasteiger partial charge >= 0.3 is 0 Å². The summed E-state index contributed by atoms with van der Waals surface area (Å²) in [4.78, 5) is 43.3. The predicted octanol–water partition coefficient (Wildman–Crippen LogP) is 3.88. The second-order valence-corrected chi connectivity index (χ2v) is 9.51. The number of benzene rings is 1. The fourth-order valence-electron chi connectivity index (χ4n) is 2.70. The molecule has 1 heterocycles. The summed E-state index contributed by atoms with van der Waals surface area (Å²) in [5.74, 6) is -0.649. The van der Waals surface area contributed by atoms with Crippen LogP contribution in [0, 0.1) is 5.92 Å². The Bertz CT molecular complexity index is 983. The second kappa shape index (κ2) is 12.9. The molecule has 11 heteroatoms. The molecule has 0 fully saturated rings. The van der Waals surface area contributed by atoms with Gasteiger partial charge in [-0.3, -0.25) is 14.4 Å². The number of hydrogen-bond donors (Lipinski definition) is 2. The lowest BCUT2D eigenvalue weighted by Crippen LogP contribution is -2.40. The van der Waals surface area contributed by atoms with Crippen molar-refractivity contribution in [1.82, 2.24) is 15.2 Å². The Morgan fingerprint density at radius 3 is 2.55 bits per heavy atom. The summed E-state index contributed by atoms with van der Waals surface area (Å²) < 4.78 is 5.06. The van der Waals surface area contributed by atoms with Crippen molar-refractivity contribution in [2.75, 3.05) is 32.1 Å². The van der Waals surface area contributed by atoms with Crippen molar-refractivity contribution in [3.05, 3.63) is 44.9 Å². The number of hydrogen-bond acceptors (Lipinski definition) is 6. The largest absolute Gasteiger partial charge is 0.383 e. The zero-order valence-electron chi connectivity index (χ0n) is 19.0. The van der Waals surface area contributed by atoms with Crippen LogP contribution < -0.4 is 10.6 Å². The molecule has 2 rings (SSSR count). The number of thiazole rings is 1. The molecule has 3 amide bonds. The molecule has 0 radical (unpaired) electrons. The summed E-state index contributed by atoms with van der Waals surface area (Å²) in [5, 5.41) is 8.28. The van der Waals surface area contributed by atoms with Crippen LogP contribution in [0.5, 0.6) is 0 Å². The summed E-state index contributed by atoms with van der Waals surface area (Å²) in [6, 6.07) is 4.60. The number of halogens is 2. The fraction of sp³-hybridized carbons (Fsp3) is 0.455. The van der Waals surface area contributed by atoms with E-state index in [1.165, 1.54) is 35.5 Å². The molecule has 1 unspecified atom stereocenters. The number of ether oxygens (including phenoxy) is 1. The molecule has 0 bridgehead atoms. The highest BCUT2D eigenvalue weighted by Gasteiger charge is 2.22. The Hall–Kier alpha value is -2.20. The monoisotopic (exact) mass is 514 g/mol. The number of carbonyl (C=O) groups is 3. The zero-order chi connectivity index (χ0) is 24.5. The first-order chi connectivity index (χ1) is 15.6. The molecule has 0 saturated carbocycles. The van der Waals surface area contributed by atoms with Crippen molar-refractivity contribution >= 4 is 57.4 Å². The summed E-state index contributed by atoms with van der Waals surface area (Å²) in [7, 11) is 1.51. The van der Waals surface area contributed by atoms with E-state index in [1.54, 1.807) is 11.4 Å². The lowest BCUT2D eigenvalue weighted by Gasteiger charge is -2.22. The first kappa shape index (κ1) is 27.0. The van der Waals surface area contributed by atoms with Crippen molar-refractivity contribution < 1.29 is 19.1 Å². The second-order valence-electron chi connectivity index (χ2n) is 7.81. The van der Waals surface area contributed by atoms with Crippen LogP contribution in [0.1, 0.15) is 36.8 Å². The zero-order valence-corrected chi connectivity index (χ0v) is 21.3. The lowest BCUT2D eigenvalue weighted by atomic mass is 10.1. The van der Waals surface area contributed by atoms with E-state index in [1.807, 2.05) is 20.8 Å². The molecule has 0 aliphatic carbocycles. The van der Waals surface area contributed by atoms with Crippen molar-refractivity contribution in [2.45, 2.75) is 33.2 Å². The minimum atomic E-state index is -0.427. The Labute approximate surface area is 207 Å². The molecule has 8 nitrogen and oxygen atoms in total. The van der Waals surface area contributed by atoms with Gasteiger partial charge in [-0.2, -0.15) is 0 Å². The van der Waals surface area contributed by atoms with Gasteiger partial charge in [0.15, 0.2) is 5.13 Å². The number of methoxy groups -OCH3 is 1. The van der Waals surface area contributed by atoms with Gasteiger partial charge in [0.1, 0.15) is 6.54 Å². The lowest BCUT2D eigenvalue weighted by molar-refractivity contribution is -0.121. The smallest absolute Gasteiger partial charge is 0.255 e. The van der Waals surface area contributed by atoms with E-state index in [4.69, 9.17) is 27.9 Å². The molecule has 2 N–H and O–H groups in total. The number of nitrogens with zero attached hydrogens (tertiary/aromatic N) is 2. The van der Waals surface area contributed by atoms with Gasteiger partial charge in [-0.1, -0.05) is 37.0 Å². The summed E-state index contributed by atoms with van der Waals surface area (Å²) in [5.41, 5.74) is 0.798. The third kappa shape index (κ3) is 8.58. The first-order valence-electron chi connectivity index (χ1n) is 10.4. The standard InChI is InChI=1S/C22H28Cl2N4O4S/c1-13(2)14(3)25-19(29)10-16-12-33-22(26-16)27-20(30)11-28(7-8-32-4)21(31)17-6-5-15(23)9-18(17)24/h5-6,9,12-14H,7-8,10-11H2,1-4H3,(H,25,29)(H,26,27,30). The maximum atomic E-state index is 12.9. The van der Waals surface area contributed by atoms with Gasteiger partial charge < -0.3 is 20.3 Å². The van der Waals surface area contributed by atoms with Gasteiger partial charge in [0, 0.05) is 30.1 Å². The van der Waals surface area contributed by atoms with Crippen LogP contribution in [0.4, 0.5) is 5.13 Å². The maximum absolute atomic E-state index is 12.9. The normalized spacial score (nSPS) is 11.8. The molecule has 0 aliphatic heterocycles. The van der Waals surface area contributed by atoms with Crippen molar-refractivity contribution in [3.63, 3.8) is 0 Å². The van der Waals surface area contributed by atoms with E-state index < -0.39 is 11.8 Å². The van der Waals surface area contributed by atoms with E-state index in [9.17, 15) is 14.4 Å². The van der Waals surface area contributed by atoms with Gasteiger partial charge in [0.2, 0.25) is 11.8 Å².